The van der Waals surface area contributed by atoms with Crippen molar-refractivity contribution in [2.24, 2.45) is 23.3 Å². The van der Waals surface area contributed by atoms with Gasteiger partial charge >= 0.3 is 5.97 Å². The van der Waals surface area contributed by atoms with Crippen LogP contribution in [0, 0.1) is 11.8 Å². The topological polar surface area (TPSA) is 177 Å². The molecule has 0 bridgehead atoms. The summed E-state index contributed by atoms with van der Waals surface area (Å²) >= 11 is 4.12. The van der Waals surface area contributed by atoms with Crippen LogP contribution in [-0.2, 0) is 19.2 Å². The normalized spacial score (nSPS) is 16.0. The van der Waals surface area contributed by atoms with Gasteiger partial charge in [-0.05, 0) is 37.6 Å². The van der Waals surface area contributed by atoms with Crippen LogP contribution in [-0.4, -0.2) is 65.3 Å². The van der Waals surface area contributed by atoms with Crippen LogP contribution in [0.2, 0.25) is 0 Å². The maximum atomic E-state index is 12.7. The Kier molecular flexibility index (Phi) is 14.1. The number of hydrogen-bond donors (Lipinski definition) is 7. The number of nitrogens with two attached hydrogens (primary N) is 2. The molecule has 10 nitrogen and oxygen atoms in total. The number of rotatable bonds is 15. The summed E-state index contributed by atoms with van der Waals surface area (Å²) in [7, 11) is 0. The molecule has 0 aromatic carbocycles. The highest BCUT2D eigenvalue weighted by Gasteiger charge is 2.31. The van der Waals surface area contributed by atoms with Gasteiger partial charge in [0.05, 0.1) is 6.04 Å². The molecule has 31 heavy (non-hydrogen) atoms. The molecule has 0 radical (unpaired) electrons. The molecule has 0 heterocycles. The van der Waals surface area contributed by atoms with E-state index in [9.17, 15) is 24.3 Å². The lowest BCUT2D eigenvalue weighted by Crippen LogP contribution is -2.59. The number of hydrogen-bond acceptors (Lipinski definition) is 7. The van der Waals surface area contributed by atoms with E-state index in [2.05, 4.69) is 28.6 Å². The summed E-state index contributed by atoms with van der Waals surface area (Å²) in [4.78, 5) is 49.2. The number of carboxylic acid groups (broad SMARTS) is 1. The third-order valence-corrected chi connectivity index (χ3v) is 5.55. The van der Waals surface area contributed by atoms with Crippen molar-refractivity contribution in [1.82, 2.24) is 16.0 Å². The number of carbonyl (C=O) groups excluding carboxylic acids is 3. The molecule has 0 aromatic rings. The van der Waals surface area contributed by atoms with Crippen molar-refractivity contribution in [3.8, 4) is 0 Å². The van der Waals surface area contributed by atoms with E-state index in [0.29, 0.717) is 25.8 Å². The Balaban J connectivity index is 5.15. The second-order valence-corrected chi connectivity index (χ2v) is 8.43. The standard InChI is InChI=1S/C20H39N5O5S/c1-5-12(4)15(22)18(27)24-14(10-31)17(26)25-16(11(2)3)19(28)23-13(20(29)30)8-6-7-9-21/h11-16,31H,5-10,21-22H2,1-4H3,(H,23,28)(H,24,27)(H,25,26)(H,29,30). The van der Waals surface area contributed by atoms with Crippen LogP contribution < -0.4 is 27.4 Å². The highest BCUT2D eigenvalue weighted by molar-refractivity contribution is 7.80. The van der Waals surface area contributed by atoms with E-state index in [1.807, 2.05) is 13.8 Å². The lowest BCUT2D eigenvalue weighted by atomic mass is 9.99. The molecule has 0 saturated carbocycles. The van der Waals surface area contributed by atoms with E-state index >= 15 is 0 Å². The summed E-state index contributed by atoms with van der Waals surface area (Å²) < 4.78 is 0. The van der Waals surface area contributed by atoms with Gasteiger partial charge in [-0.1, -0.05) is 34.1 Å². The SMILES string of the molecule is CCC(C)C(N)C(=O)NC(CS)C(=O)NC(C(=O)NC(CCCCN)C(=O)O)C(C)C. The number of amides is 3. The molecule has 0 fully saturated rings. The van der Waals surface area contributed by atoms with Gasteiger partial charge in [0.25, 0.3) is 0 Å². The van der Waals surface area contributed by atoms with Crippen molar-refractivity contribution in [3.63, 3.8) is 0 Å². The first kappa shape index (κ1) is 29.1. The monoisotopic (exact) mass is 461 g/mol. The minimum atomic E-state index is -1.15. The molecular formula is C20H39N5O5S. The second-order valence-electron chi connectivity index (χ2n) is 8.07. The van der Waals surface area contributed by atoms with Crippen LogP contribution in [0.25, 0.3) is 0 Å². The maximum absolute atomic E-state index is 12.7. The molecule has 0 rings (SSSR count). The molecule has 0 aromatic heterocycles. The molecule has 8 N–H and O–H groups in total. The largest absolute Gasteiger partial charge is 0.480 e. The zero-order valence-corrected chi connectivity index (χ0v) is 19.8. The molecule has 3 amide bonds. The predicted octanol–water partition coefficient (Wildman–Crippen LogP) is -0.386. The minimum Gasteiger partial charge on any atom is -0.480 e. The third kappa shape index (κ3) is 10.3. The summed E-state index contributed by atoms with van der Waals surface area (Å²) in [5.74, 6) is -3.20. The predicted molar refractivity (Wildman–Crippen MR) is 122 cm³/mol. The van der Waals surface area contributed by atoms with Crippen molar-refractivity contribution < 1.29 is 24.3 Å². The molecule has 5 unspecified atom stereocenters. The Labute approximate surface area is 190 Å². The van der Waals surface area contributed by atoms with Crippen molar-refractivity contribution in [2.75, 3.05) is 12.3 Å². The molecule has 0 aliphatic carbocycles. The van der Waals surface area contributed by atoms with Crippen LogP contribution in [0.4, 0.5) is 0 Å². The van der Waals surface area contributed by atoms with Crippen LogP contribution in [0.3, 0.4) is 0 Å². The van der Waals surface area contributed by atoms with Crippen molar-refractivity contribution >= 4 is 36.3 Å². The smallest absolute Gasteiger partial charge is 0.326 e. The molecule has 0 saturated heterocycles. The highest BCUT2D eigenvalue weighted by atomic mass is 32.1. The van der Waals surface area contributed by atoms with E-state index in [4.69, 9.17) is 11.5 Å². The van der Waals surface area contributed by atoms with E-state index in [0.717, 1.165) is 0 Å². The summed E-state index contributed by atoms with van der Waals surface area (Å²) in [6, 6.07) is -3.81. The fourth-order valence-electron chi connectivity index (χ4n) is 2.77. The fourth-order valence-corrected chi connectivity index (χ4v) is 3.03. The van der Waals surface area contributed by atoms with Gasteiger partial charge in [0.1, 0.15) is 18.1 Å². The average Bonchev–Trinajstić information content (AvgIpc) is 2.72. The molecule has 180 valence electrons. The number of nitrogens with one attached hydrogen (secondary N) is 3. The maximum Gasteiger partial charge on any atom is 0.326 e. The van der Waals surface area contributed by atoms with E-state index in [1.165, 1.54) is 0 Å². The Hall–Kier alpha value is -1.85. The van der Waals surface area contributed by atoms with Crippen molar-refractivity contribution in [2.45, 2.75) is 77.5 Å². The summed E-state index contributed by atoms with van der Waals surface area (Å²) in [6.07, 6.45) is 2.14. The zero-order chi connectivity index (χ0) is 24.1. The minimum absolute atomic E-state index is 0.00801. The van der Waals surface area contributed by atoms with E-state index in [-0.39, 0.29) is 24.0 Å². The molecule has 0 spiro atoms. The first-order chi connectivity index (χ1) is 14.5. The average molecular weight is 462 g/mol. The molecular weight excluding hydrogens is 422 g/mol. The van der Waals surface area contributed by atoms with Gasteiger partial charge in [0.2, 0.25) is 17.7 Å². The quantitative estimate of drug-likeness (QED) is 0.128. The summed E-state index contributed by atoms with van der Waals surface area (Å²) in [5.41, 5.74) is 11.3. The molecule has 0 aliphatic rings. The molecule has 0 aliphatic heterocycles. The van der Waals surface area contributed by atoms with E-state index in [1.54, 1.807) is 13.8 Å². The van der Waals surface area contributed by atoms with Gasteiger partial charge in [-0.25, -0.2) is 4.79 Å². The van der Waals surface area contributed by atoms with Gasteiger partial charge in [-0.15, -0.1) is 0 Å². The number of unbranched alkanes of at least 4 members (excludes halogenated alkanes) is 1. The number of carbonyl (C=O) groups is 4. The van der Waals surface area contributed by atoms with Crippen LogP contribution >= 0.6 is 12.6 Å². The first-order valence-corrected chi connectivity index (χ1v) is 11.3. The van der Waals surface area contributed by atoms with Gasteiger partial charge in [-0.2, -0.15) is 12.6 Å². The second kappa shape index (κ2) is 15.0. The first-order valence-electron chi connectivity index (χ1n) is 10.7. The zero-order valence-electron chi connectivity index (χ0n) is 18.9. The van der Waals surface area contributed by atoms with Crippen molar-refractivity contribution in [1.29, 1.82) is 0 Å². The fraction of sp³-hybridized carbons (Fsp3) is 0.800. The summed E-state index contributed by atoms with van der Waals surface area (Å²) in [6.45, 7) is 7.63. The van der Waals surface area contributed by atoms with E-state index < -0.39 is 47.9 Å². The number of aliphatic carboxylic acids is 1. The Morgan fingerprint density at radius 3 is 1.97 bits per heavy atom. The summed E-state index contributed by atoms with van der Waals surface area (Å²) in [5, 5.41) is 17.0. The van der Waals surface area contributed by atoms with Gasteiger partial charge in [0, 0.05) is 5.75 Å². The lowest BCUT2D eigenvalue weighted by Gasteiger charge is -2.27. The molecule has 5 atom stereocenters. The van der Waals surface area contributed by atoms with Gasteiger partial charge in [0.15, 0.2) is 0 Å². The van der Waals surface area contributed by atoms with Crippen LogP contribution in [0.15, 0.2) is 0 Å². The lowest BCUT2D eigenvalue weighted by molar-refractivity contribution is -0.142. The van der Waals surface area contributed by atoms with Crippen LogP contribution in [0.1, 0.15) is 53.4 Å². The Bertz CT molecular complexity index is 605. The number of carboxylic acids is 1. The van der Waals surface area contributed by atoms with Crippen LogP contribution in [0.5, 0.6) is 0 Å². The van der Waals surface area contributed by atoms with Gasteiger partial charge < -0.3 is 32.5 Å². The number of thiol groups is 1. The Morgan fingerprint density at radius 1 is 0.935 bits per heavy atom. The van der Waals surface area contributed by atoms with Crippen molar-refractivity contribution in [3.05, 3.63) is 0 Å². The Morgan fingerprint density at radius 2 is 1.52 bits per heavy atom. The third-order valence-electron chi connectivity index (χ3n) is 5.18. The van der Waals surface area contributed by atoms with Gasteiger partial charge in [-0.3, -0.25) is 14.4 Å². The molecule has 11 heteroatoms. The highest BCUT2D eigenvalue weighted by Crippen LogP contribution is 2.08.